The van der Waals surface area contributed by atoms with Gasteiger partial charge in [0.05, 0.1) is 0 Å². The minimum atomic E-state index is 0.541. The molecule has 2 aromatic rings. The van der Waals surface area contributed by atoms with Gasteiger partial charge < -0.3 is 5.73 Å². The van der Waals surface area contributed by atoms with Crippen molar-refractivity contribution in [1.29, 1.82) is 0 Å². The fraction of sp³-hybridized carbons (Fsp3) is 0.385. The number of halogens is 1. The van der Waals surface area contributed by atoms with Gasteiger partial charge in [-0.15, -0.1) is 0 Å². The predicted octanol–water partition coefficient (Wildman–Crippen LogP) is 3.47. The average Bonchev–Trinajstić information content (AvgIpc) is 3.00. The predicted molar refractivity (Wildman–Crippen MR) is 75.1 cm³/mol. The number of H-pyrrole nitrogens is 1. The highest BCUT2D eigenvalue weighted by Gasteiger charge is 2.21. The van der Waals surface area contributed by atoms with E-state index in [1.165, 1.54) is 25.7 Å². The Labute approximate surface area is 114 Å². The molecule has 0 saturated heterocycles. The summed E-state index contributed by atoms with van der Waals surface area (Å²) >= 11 is 3.45. The average molecular weight is 307 g/mol. The Morgan fingerprint density at radius 1 is 1.28 bits per heavy atom. The van der Waals surface area contributed by atoms with Gasteiger partial charge in [0, 0.05) is 21.6 Å². The lowest BCUT2D eigenvalue weighted by Gasteiger charge is -2.03. The summed E-state index contributed by atoms with van der Waals surface area (Å²) in [5, 5.41) is 7.36. The highest BCUT2D eigenvalue weighted by molar-refractivity contribution is 9.10. The monoisotopic (exact) mass is 306 g/mol. The highest BCUT2D eigenvalue weighted by Crippen LogP contribution is 2.33. The molecule has 1 aromatic carbocycles. The summed E-state index contributed by atoms with van der Waals surface area (Å²) in [5.74, 6) is 2.23. The van der Waals surface area contributed by atoms with E-state index in [-0.39, 0.29) is 0 Å². The number of nitrogens with two attached hydrogens (primary N) is 1. The molecule has 3 N–H and O–H groups in total. The summed E-state index contributed by atoms with van der Waals surface area (Å²) < 4.78 is 0.985. The minimum absolute atomic E-state index is 0.541. The van der Waals surface area contributed by atoms with Crippen molar-refractivity contribution >= 4 is 21.6 Å². The SMILES string of the molecule is Nc1ccc(Br)cc1-c1n[nH]c(C2CCCC2)n1. The van der Waals surface area contributed by atoms with Gasteiger partial charge in [-0.1, -0.05) is 28.8 Å². The van der Waals surface area contributed by atoms with Gasteiger partial charge in [-0.25, -0.2) is 4.98 Å². The first-order chi connectivity index (χ1) is 8.74. The van der Waals surface area contributed by atoms with Gasteiger partial charge in [-0.2, -0.15) is 5.10 Å². The van der Waals surface area contributed by atoms with E-state index in [9.17, 15) is 0 Å². The molecule has 5 heteroatoms. The number of nitrogens with one attached hydrogen (secondary N) is 1. The van der Waals surface area contributed by atoms with E-state index >= 15 is 0 Å². The Morgan fingerprint density at radius 2 is 2.06 bits per heavy atom. The van der Waals surface area contributed by atoms with Gasteiger partial charge in [0.2, 0.25) is 0 Å². The molecule has 1 aliphatic rings. The minimum Gasteiger partial charge on any atom is -0.398 e. The topological polar surface area (TPSA) is 67.6 Å². The maximum Gasteiger partial charge on any atom is 0.183 e. The van der Waals surface area contributed by atoms with Crippen LogP contribution in [0.3, 0.4) is 0 Å². The molecule has 0 aliphatic heterocycles. The van der Waals surface area contributed by atoms with Crippen LogP contribution in [0.5, 0.6) is 0 Å². The fourth-order valence-electron chi connectivity index (χ4n) is 2.50. The van der Waals surface area contributed by atoms with Crippen LogP contribution >= 0.6 is 15.9 Å². The molecule has 3 rings (SSSR count). The standard InChI is InChI=1S/C13H15BrN4/c14-9-5-6-11(15)10(7-9)13-16-12(17-18-13)8-3-1-2-4-8/h5-8H,1-4,15H2,(H,16,17,18). The largest absolute Gasteiger partial charge is 0.398 e. The molecular weight excluding hydrogens is 292 g/mol. The lowest BCUT2D eigenvalue weighted by molar-refractivity contribution is 0.672. The molecule has 1 fully saturated rings. The number of aromatic nitrogens is 3. The summed E-state index contributed by atoms with van der Waals surface area (Å²) in [5.41, 5.74) is 7.55. The molecule has 1 aromatic heterocycles. The van der Waals surface area contributed by atoms with Gasteiger partial charge in [0.1, 0.15) is 5.82 Å². The van der Waals surface area contributed by atoms with E-state index in [4.69, 9.17) is 5.73 Å². The quantitative estimate of drug-likeness (QED) is 0.835. The third-order valence-electron chi connectivity index (χ3n) is 3.50. The van der Waals surface area contributed by atoms with E-state index in [1.807, 2.05) is 18.2 Å². The van der Waals surface area contributed by atoms with E-state index in [0.717, 1.165) is 15.9 Å². The van der Waals surface area contributed by atoms with Crippen molar-refractivity contribution < 1.29 is 0 Å². The van der Waals surface area contributed by atoms with E-state index < -0.39 is 0 Å². The number of nitrogen functional groups attached to an aromatic ring is 1. The molecule has 1 aliphatic carbocycles. The molecule has 0 unspecified atom stereocenters. The molecule has 1 saturated carbocycles. The lowest BCUT2D eigenvalue weighted by Crippen LogP contribution is -1.95. The Morgan fingerprint density at radius 3 is 2.83 bits per heavy atom. The maximum atomic E-state index is 5.97. The van der Waals surface area contributed by atoms with Crippen molar-refractivity contribution in [3.05, 3.63) is 28.5 Å². The van der Waals surface area contributed by atoms with Crippen LogP contribution in [0.4, 0.5) is 5.69 Å². The van der Waals surface area contributed by atoms with Crippen LogP contribution in [0.15, 0.2) is 22.7 Å². The zero-order valence-corrected chi connectivity index (χ0v) is 11.6. The number of benzene rings is 1. The summed E-state index contributed by atoms with van der Waals surface area (Å²) in [6.07, 6.45) is 5.00. The molecule has 0 spiro atoms. The normalized spacial score (nSPS) is 16.3. The highest BCUT2D eigenvalue weighted by atomic mass is 79.9. The second-order valence-corrected chi connectivity index (χ2v) is 5.67. The van der Waals surface area contributed by atoms with Crippen LogP contribution in [0, 0.1) is 0 Å². The molecule has 18 heavy (non-hydrogen) atoms. The van der Waals surface area contributed by atoms with E-state index in [0.29, 0.717) is 17.4 Å². The number of nitrogens with zero attached hydrogens (tertiary/aromatic N) is 2. The van der Waals surface area contributed by atoms with Crippen molar-refractivity contribution in [2.45, 2.75) is 31.6 Å². The van der Waals surface area contributed by atoms with Crippen molar-refractivity contribution in [2.24, 2.45) is 0 Å². The van der Waals surface area contributed by atoms with E-state index in [1.54, 1.807) is 0 Å². The molecule has 94 valence electrons. The molecular formula is C13H15BrN4. The summed E-state index contributed by atoms with van der Waals surface area (Å²) in [7, 11) is 0. The van der Waals surface area contributed by atoms with Crippen molar-refractivity contribution in [2.75, 3.05) is 5.73 Å². The number of anilines is 1. The van der Waals surface area contributed by atoms with Crippen LogP contribution in [0.2, 0.25) is 0 Å². The molecule has 0 amide bonds. The summed E-state index contributed by atoms with van der Waals surface area (Å²) in [6, 6.07) is 5.74. The second kappa shape index (κ2) is 4.72. The molecule has 0 radical (unpaired) electrons. The summed E-state index contributed by atoms with van der Waals surface area (Å²) in [6.45, 7) is 0. The van der Waals surface area contributed by atoms with Crippen LogP contribution in [0.1, 0.15) is 37.4 Å². The van der Waals surface area contributed by atoms with Crippen LogP contribution < -0.4 is 5.73 Å². The van der Waals surface area contributed by atoms with Crippen LogP contribution in [-0.2, 0) is 0 Å². The number of hydrogen-bond donors (Lipinski definition) is 2. The Balaban J connectivity index is 1.94. The van der Waals surface area contributed by atoms with Gasteiger partial charge in [0.25, 0.3) is 0 Å². The maximum absolute atomic E-state index is 5.97. The number of aromatic amines is 1. The van der Waals surface area contributed by atoms with Crippen LogP contribution in [0.25, 0.3) is 11.4 Å². The smallest absolute Gasteiger partial charge is 0.183 e. The first kappa shape index (κ1) is 11.7. The third kappa shape index (κ3) is 2.14. The van der Waals surface area contributed by atoms with Crippen molar-refractivity contribution in [3.8, 4) is 11.4 Å². The lowest BCUT2D eigenvalue weighted by atomic mass is 10.1. The first-order valence-corrected chi connectivity index (χ1v) is 7.01. The van der Waals surface area contributed by atoms with Gasteiger partial charge in [-0.3, -0.25) is 5.10 Å². The zero-order valence-electron chi connectivity index (χ0n) is 9.99. The number of rotatable bonds is 2. The van der Waals surface area contributed by atoms with Gasteiger partial charge >= 0.3 is 0 Å². The Kier molecular flexibility index (Phi) is 3.07. The van der Waals surface area contributed by atoms with Crippen molar-refractivity contribution in [1.82, 2.24) is 15.2 Å². The Bertz CT molecular complexity index is 558. The van der Waals surface area contributed by atoms with Crippen molar-refractivity contribution in [3.63, 3.8) is 0 Å². The molecule has 4 nitrogen and oxygen atoms in total. The fourth-order valence-corrected chi connectivity index (χ4v) is 2.86. The van der Waals surface area contributed by atoms with E-state index in [2.05, 4.69) is 31.1 Å². The second-order valence-electron chi connectivity index (χ2n) is 4.76. The first-order valence-electron chi connectivity index (χ1n) is 6.22. The van der Waals surface area contributed by atoms with Gasteiger partial charge in [0.15, 0.2) is 5.82 Å². The molecule has 0 bridgehead atoms. The summed E-state index contributed by atoms with van der Waals surface area (Å²) in [4.78, 5) is 4.60. The zero-order chi connectivity index (χ0) is 12.5. The number of hydrogen-bond acceptors (Lipinski definition) is 3. The molecule has 0 atom stereocenters. The molecule has 1 heterocycles. The van der Waals surface area contributed by atoms with Crippen LogP contribution in [-0.4, -0.2) is 15.2 Å². The third-order valence-corrected chi connectivity index (χ3v) is 3.99. The van der Waals surface area contributed by atoms with Gasteiger partial charge in [-0.05, 0) is 31.0 Å². The Hall–Kier alpha value is -1.36.